The number of halogens is 1. The van der Waals surface area contributed by atoms with Gasteiger partial charge in [-0.1, -0.05) is 11.6 Å². The van der Waals surface area contributed by atoms with Gasteiger partial charge in [0.15, 0.2) is 11.5 Å². The molecule has 5 heteroatoms. The van der Waals surface area contributed by atoms with Crippen molar-refractivity contribution >= 4 is 11.6 Å². The van der Waals surface area contributed by atoms with Gasteiger partial charge in [0, 0.05) is 18.7 Å². The first-order valence-corrected chi connectivity index (χ1v) is 5.11. The standard InChI is InChI=1S/C10H12ClNO3/c11-7-5-9-10(15-4-3-14-9)6-8(7)13-2-1-12/h5-6H,1-4,12H2. The Morgan fingerprint density at radius 3 is 2.60 bits per heavy atom. The minimum Gasteiger partial charge on any atom is -0.491 e. The quantitative estimate of drug-likeness (QED) is 0.853. The molecule has 0 atom stereocenters. The van der Waals surface area contributed by atoms with E-state index in [0.29, 0.717) is 48.6 Å². The lowest BCUT2D eigenvalue weighted by atomic mass is 10.3. The minimum atomic E-state index is 0.430. The summed E-state index contributed by atoms with van der Waals surface area (Å²) in [4.78, 5) is 0. The molecule has 0 amide bonds. The number of hydrogen-bond acceptors (Lipinski definition) is 4. The van der Waals surface area contributed by atoms with Gasteiger partial charge in [-0.15, -0.1) is 0 Å². The molecule has 0 spiro atoms. The van der Waals surface area contributed by atoms with Gasteiger partial charge in [0.2, 0.25) is 0 Å². The first-order valence-electron chi connectivity index (χ1n) is 4.73. The molecule has 0 fully saturated rings. The van der Waals surface area contributed by atoms with E-state index < -0.39 is 0 Å². The maximum absolute atomic E-state index is 6.00. The van der Waals surface area contributed by atoms with Crippen LogP contribution < -0.4 is 19.9 Å². The van der Waals surface area contributed by atoms with E-state index in [-0.39, 0.29) is 0 Å². The highest BCUT2D eigenvalue weighted by Crippen LogP contribution is 2.39. The lowest BCUT2D eigenvalue weighted by Gasteiger charge is -2.19. The normalized spacial score (nSPS) is 13.7. The molecule has 4 nitrogen and oxygen atoms in total. The SMILES string of the molecule is NCCOc1cc2c(cc1Cl)OCCO2. The summed E-state index contributed by atoms with van der Waals surface area (Å²) >= 11 is 6.00. The van der Waals surface area contributed by atoms with Gasteiger partial charge in [0.1, 0.15) is 25.6 Å². The van der Waals surface area contributed by atoms with Crippen molar-refractivity contribution in [2.75, 3.05) is 26.4 Å². The summed E-state index contributed by atoms with van der Waals surface area (Å²) in [5, 5.41) is 0.507. The lowest BCUT2D eigenvalue weighted by molar-refractivity contribution is 0.170. The summed E-state index contributed by atoms with van der Waals surface area (Å²) in [7, 11) is 0. The second-order valence-corrected chi connectivity index (χ2v) is 3.47. The van der Waals surface area contributed by atoms with Crippen LogP contribution in [0.15, 0.2) is 12.1 Å². The van der Waals surface area contributed by atoms with Crippen LogP contribution >= 0.6 is 11.6 Å². The Labute approximate surface area is 92.9 Å². The Bertz CT molecular complexity index is 357. The average molecular weight is 230 g/mol. The first-order chi connectivity index (χ1) is 7.31. The van der Waals surface area contributed by atoms with Crippen molar-refractivity contribution in [2.24, 2.45) is 5.73 Å². The molecule has 1 aliphatic heterocycles. The maximum atomic E-state index is 6.00. The molecular weight excluding hydrogens is 218 g/mol. The van der Waals surface area contributed by atoms with Gasteiger partial charge in [-0.2, -0.15) is 0 Å². The third kappa shape index (κ3) is 2.27. The van der Waals surface area contributed by atoms with Crippen LogP contribution in [-0.4, -0.2) is 26.4 Å². The van der Waals surface area contributed by atoms with Crippen LogP contribution in [0.1, 0.15) is 0 Å². The van der Waals surface area contributed by atoms with E-state index in [1.807, 2.05) is 0 Å². The largest absolute Gasteiger partial charge is 0.491 e. The summed E-state index contributed by atoms with van der Waals surface area (Å²) < 4.78 is 16.1. The smallest absolute Gasteiger partial charge is 0.165 e. The van der Waals surface area contributed by atoms with E-state index in [2.05, 4.69) is 0 Å². The summed E-state index contributed by atoms with van der Waals surface area (Å²) in [5.41, 5.74) is 5.34. The summed E-state index contributed by atoms with van der Waals surface area (Å²) in [6, 6.07) is 3.42. The van der Waals surface area contributed by atoms with Crippen LogP contribution in [0.5, 0.6) is 17.2 Å². The zero-order chi connectivity index (χ0) is 10.7. The molecule has 15 heavy (non-hydrogen) atoms. The first kappa shape index (κ1) is 10.4. The van der Waals surface area contributed by atoms with Crippen molar-refractivity contribution in [3.8, 4) is 17.2 Å². The summed E-state index contributed by atoms with van der Waals surface area (Å²) in [6.07, 6.45) is 0. The van der Waals surface area contributed by atoms with Crippen LogP contribution in [0.4, 0.5) is 0 Å². The Kier molecular flexibility index (Phi) is 3.18. The van der Waals surface area contributed by atoms with Crippen molar-refractivity contribution in [1.82, 2.24) is 0 Å². The van der Waals surface area contributed by atoms with Gasteiger partial charge < -0.3 is 19.9 Å². The van der Waals surface area contributed by atoms with Gasteiger partial charge in [-0.3, -0.25) is 0 Å². The fourth-order valence-corrected chi connectivity index (χ4v) is 1.53. The molecule has 2 N–H and O–H groups in total. The predicted molar refractivity (Wildman–Crippen MR) is 57.0 cm³/mol. The van der Waals surface area contributed by atoms with Crippen molar-refractivity contribution < 1.29 is 14.2 Å². The molecule has 0 unspecified atom stereocenters. The van der Waals surface area contributed by atoms with E-state index in [1.165, 1.54) is 0 Å². The van der Waals surface area contributed by atoms with Crippen molar-refractivity contribution in [3.63, 3.8) is 0 Å². The molecule has 1 aromatic rings. The molecule has 1 aliphatic rings. The molecule has 82 valence electrons. The van der Waals surface area contributed by atoms with Gasteiger partial charge in [0.25, 0.3) is 0 Å². The summed E-state index contributed by atoms with van der Waals surface area (Å²) in [5.74, 6) is 1.90. The molecule has 0 saturated carbocycles. The van der Waals surface area contributed by atoms with Gasteiger partial charge >= 0.3 is 0 Å². The Morgan fingerprint density at radius 2 is 1.93 bits per heavy atom. The number of ether oxygens (including phenoxy) is 3. The fourth-order valence-electron chi connectivity index (χ4n) is 1.32. The maximum Gasteiger partial charge on any atom is 0.165 e. The van der Waals surface area contributed by atoms with Crippen LogP contribution in [0.2, 0.25) is 5.02 Å². The van der Waals surface area contributed by atoms with Crippen LogP contribution in [0, 0.1) is 0 Å². The molecule has 1 heterocycles. The Balaban J connectivity index is 2.24. The number of fused-ring (bicyclic) bond motifs is 1. The monoisotopic (exact) mass is 229 g/mol. The second kappa shape index (κ2) is 4.59. The lowest BCUT2D eigenvalue weighted by Crippen LogP contribution is -2.16. The highest BCUT2D eigenvalue weighted by atomic mass is 35.5. The molecule has 0 saturated heterocycles. The number of nitrogens with two attached hydrogens (primary N) is 1. The zero-order valence-corrected chi connectivity index (χ0v) is 8.92. The highest BCUT2D eigenvalue weighted by molar-refractivity contribution is 6.32. The predicted octanol–water partition coefficient (Wildman–Crippen LogP) is 1.45. The number of hydrogen-bond donors (Lipinski definition) is 1. The van der Waals surface area contributed by atoms with E-state index in [0.717, 1.165) is 0 Å². The zero-order valence-electron chi connectivity index (χ0n) is 8.16. The van der Waals surface area contributed by atoms with E-state index in [9.17, 15) is 0 Å². The molecule has 0 bridgehead atoms. The van der Waals surface area contributed by atoms with Crippen molar-refractivity contribution in [2.45, 2.75) is 0 Å². The molecule has 2 rings (SSSR count). The minimum absolute atomic E-state index is 0.430. The van der Waals surface area contributed by atoms with E-state index in [1.54, 1.807) is 12.1 Å². The van der Waals surface area contributed by atoms with Gasteiger partial charge in [-0.05, 0) is 0 Å². The van der Waals surface area contributed by atoms with Crippen molar-refractivity contribution in [1.29, 1.82) is 0 Å². The van der Waals surface area contributed by atoms with Gasteiger partial charge in [-0.25, -0.2) is 0 Å². The van der Waals surface area contributed by atoms with E-state index >= 15 is 0 Å². The van der Waals surface area contributed by atoms with Gasteiger partial charge in [0.05, 0.1) is 5.02 Å². The van der Waals surface area contributed by atoms with Crippen LogP contribution in [-0.2, 0) is 0 Å². The molecule has 0 radical (unpaired) electrons. The highest BCUT2D eigenvalue weighted by Gasteiger charge is 2.15. The molecule has 1 aromatic carbocycles. The molecule has 0 aromatic heterocycles. The second-order valence-electron chi connectivity index (χ2n) is 3.06. The third-order valence-electron chi connectivity index (χ3n) is 1.97. The Hall–Kier alpha value is -1.13. The van der Waals surface area contributed by atoms with E-state index in [4.69, 9.17) is 31.5 Å². The average Bonchev–Trinajstić information content (AvgIpc) is 2.26. The topological polar surface area (TPSA) is 53.7 Å². The van der Waals surface area contributed by atoms with Crippen molar-refractivity contribution in [3.05, 3.63) is 17.2 Å². The van der Waals surface area contributed by atoms with Crippen LogP contribution in [0.25, 0.3) is 0 Å². The summed E-state index contributed by atoms with van der Waals surface area (Å²) in [6.45, 7) is 1.97. The Morgan fingerprint density at radius 1 is 1.27 bits per heavy atom. The molecule has 0 aliphatic carbocycles. The number of benzene rings is 1. The number of rotatable bonds is 3. The van der Waals surface area contributed by atoms with Crippen LogP contribution in [0.3, 0.4) is 0 Å². The fraction of sp³-hybridized carbons (Fsp3) is 0.400. The molecular formula is C10H12ClNO3. The third-order valence-corrected chi connectivity index (χ3v) is 2.27.